The van der Waals surface area contributed by atoms with Gasteiger partial charge in [-0.3, -0.25) is 19.2 Å². The largest absolute Gasteiger partial charge is 0.507 e. The van der Waals surface area contributed by atoms with Crippen molar-refractivity contribution in [3.8, 4) is 5.75 Å². The molecular formula is C30H37N3O7. The van der Waals surface area contributed by atoms with Gasteiger partial charge in [-0.2, -0.15) is 0 Å². The molecule has 0 spiro atoms. The van der Waals surface area contributed by atoms with Crippen LogP contribution in [-0.4, -0.2) is 64.7 Å². The lowest BCUT2D eigenvalue weighted by Gasteiger charge is -2.31. The Kier molecular flexibility index (Phi) is 9.09. The Hall–Kier alpha value is -3.92. The Morgan fingerprint density at radius 3 is 2.45 bits per heavy atom. The van der Waals surface area contributed by atoms with Gasteiger partial charge in [-0.15, -0.1) is 0 Å². The summed E-state index contributed by atoms with van der Waals surface area (Å²) in [5.41, 5.74) is 2.38. The predicted octanol–water partition coefficient (Wildman–Crippen LogP) is 2.73. The summed E-state index contributed by atoms with van der Waals surface area (Å²) in [6.45, 7) is 7.67. The van der Waals surface area contributed by atoms with Crippen LogP contribution in [0.25, 0.3) is 0 Å². The highest BCUT2D eigenvalue weighted by atomic mass is 16.7. The van der Waals surface area contributed by atoms with Crippen LogP contribution in [0.4, 0.5) is 0 Å². The first-order valence-corrected chi connectivity index (χ1v) is 13.6. The Balaban J connectivity index is 1.41. The molecule has 2 aromatic rings. The summed E-state index contributed by atoms with van der Waals surface area (Å²) in [4.78, 5) is 53.6. The van der Waals surface area contributed by atoms with E-state index in [0.717, 1.165) is 5.56 Å². The molecule has 0 radical (unpaired) electrons. The van der Waals surface area contributed by atoms with E-state index in [1.807, 2.05) is 44.2 Å². The maximum atomic E-state index is 13.7. The summed E-state index contributed by atoms with van der Waals surface area (Å²) in [6.07, 6.45) is 0.140. The van der Waals surface area contributed by atoms with E-state index in [0.29, 0.717) is 36.1 Å². The van der Waals surface area contributed by atoms with Gasteiger partial charge in [0.05, 0.1) is 13.0 Å². The smallest absolute Gasteiger partial charge is 0.310 e. The molecule has 40 heavy (non-hydrogen) atoms. The van der Waals surface area contributed by atoms with Crippen LogP contribution in [0.15, 0.2) is 42.5 Å². The fourth-order valence-electron chi connectivity index (χ4n) is 5.14. The average Bonchev–Trinajstić information content (AvgIpc) is 3.55. The summed E-state index contributed by atoms with van der Waals surface area (Å²) < 4.78 is 11.1. The minimum atomic E-state index is -0.929. The number of carbonyl (C=O) groups excluding carboxylic acids is 4. The molecule has 2 heterocycles. The number of phenolic OH excluding ortho intramolecular Hbond substituents is 1. The molecule has 3 amide bonds. The Morgan fingerprint density at radius 2 is 1.80 bits per heavy atom. The summed E-state index contributed by atoms with van der Waals surface area (Å²) in [5.74, 6) is -1.74. The number of hydrogen-bond donors (Lipinski definition) is 3. The summed E-state index contributed by atoms with van der Waals surface area (Å²) in [6, 6.07) is 10.3. The third-order valence-electron chi connectivity index (χ3n) is 7.36. The van der Waals surface area contributed by atoms with Crippen molar-refractivity contribution in [1.29, 1.82) is 0 Å². The van der Waals surface area contributed by atoms with Crippen LogP contribution in [0.2, 0.25) is 0 Å². The molecular weight excluding hydrogens is 514 g/mol. The number of likely N-dealkylation sites (tertiary alicyclic amines) is 1. The average molecular weight is 552 g/mol. The van der Waals surface area contributed by atoms with E-state index in [4.69, 9.17) is 9.47 Å². The van der Waals surface area contributed by atoms with Crippen LogP contribution in [0, 0.1) is 19.8 Å². The number of hydrogen-bond acceptors (Lipinski definition) is 7. The second-order valence-electron chi connectivity index (χ2n) is 10.8. The number of ether oxygens (including phenoxy) is 2. The second-order valence-corrected chi connectivity index (χ2v) is 10.8. The van der Waals surface area contributed by atoms with Crippen LogP contribution < -0.4 is 10.6 Å². The number of esters is 1. The van der Waals surface area contributed by atoms with E-state index in [1.165, 1.54) is 4.90 Å². The number of carbonyl (C=O) groups is 4. The van der Waals surface area contributed by atoms with Gasteiger partial charge in [0.1, 0.15) is 23.9 Å². The number of cyclic esters (lactones) is 1. The molecule has 10 nitrogen and oxygen atoms in total. The normalized spacial score (nSPS) is 21.3. The van der Waals surface area contributed by atoms with Crippen molar-refractivity contribution in [1.82, 2.24) is 15.5 Å². The van der Waals surface area contributed by atoms with Gasteiger partial charge in [-0.25, -0.2) is 0 Å². The topological polar surface area (TPSA) is 134 Å². The number of amides is 3. The highest BCUT2D eigenvalue weighted by Gasteiger charge is 2.42. The van der Waals surface area contributed by atoms with E-state index in [2.05, 4.69) is 10.6 Å². The summed E-state index contributed by atoms with van der Waals surface area (Å²) >= 11 is 0. The van der Waals surface area contributed by atoms with E-state index in [1.54, 1.807) is 26.0 Å². The minimum absolute atomic E-state index is 0.0258. The maximum absolute atomic E-state index is 13.7. The first-order valence-electron chi connectivity index (χ1n) is 13.6. The quantitative estimate of drug-likeness (QED) is 0.408. The standard InChI is InChI=1S/C30H37N3O7/c1-17(2)25(32-27(36)21-13-18(3)26(35)19(4)14-21)29(38)33-12-8-11-23(33)28(37)31-22-15-24(34)40-30(22)39-16-20-9-6-5-7-10-20/h5-7,9-10,13-14,17,22-23,25,30,35H,8,11-12,15-16H2,1-4H3,(H,31,37)(H,32,36)/t22?,23?,25-,30?/m0/s1. The molecule has 0 saturated carbocycles. The first-order chi connectivity index (χ1) is 19.0. The Morgan fingerprint density at radius 1 is 1.12 bits per heavy atom. The van der Waals surface area contributed by atoms with Gasteiger partial charge in [0, 0.05) is 12.1 Å². The molecule has 4 rings (SSSR count). The molecule has 2 aromatic carbocycles. The summed E-state index contributed by atoms with van der Waals surface area (Å²) in [5, 5.41) is 15.7. The van der Waals surface area contributed by atoms with Crippen molar-refractivity contribution in [2.24, 2.45) is 5.92 Å². The van der Waals surface area contributed by atoms with Gasteiger partial charge >= 0.3 is 5.97 Å². The summed E-state index contributed by atoms with van der Waals surface area (Å²) in [7, 11) is 0. The molecule has 0 aliphatic carbocycles. The lowest BCUT2D eigenvalue weighted by atomic mass is 10.0. The highest BCUT2D eigenvalue weighted by molar-refractivity contribution is 5.99. The SMILES string of the molecule is Cc1cc(C(=O)N[C@H](C(=O)N2CCCC2C(=O)NC2CC(=O)OC2OCc2ccccc2)C(C)C)cc(C)c1O. The van der Waals surface area contributed by atoms with Gasteiger partial charge in [-0.05, 0) is 61.4 Å². The van der Waals surface area contributed by atoms with Gasteiger partial charge in [-0.1, -0.05) is 44.2 Å². The molecule has 2 aliphatic rings. The van der Waals surface area contributed by atoms with Gasteiger partial charge in [0.15, 0.2) is 0 Å². The van der Waals surface area contributed by atoms with Crippen LogP contribution in [0.5, 0.6) is 5.75 Å². The van der Waals surface area contributed by atoms with Crippen LogP contribution >= 0.6 is 0 Å². The van der Waals surface area contributed by atoms with Crippen molar-refractivity contribution >= 4 is 23.7 Å². The van der Waals surface area contributed by atoms with Crippen molar-refractivity contribution < 1.29 is 33.8 Å². The van der Waals surface area contributed by atoms with E-state index in [9.17, 15) is 24.3 Å². The van der Waals surface area contributed by atoms with Crippen molar-refractivity contribution in [2.75, 3.05) is 6.54 Å². The molecule has 0 bridgehead atoms. The Bertz CT molecular complexity index is 1240. The van der Waals surface area contributed by atoms with E-state index in [-0.39, 0.29) is 36.5 Å². The first kappa shape index (κ1) is 29.1. The lowest BCUT2D eigenvalue weighted by Crippen LogP contribution is -2.56. The number of nitrogens with zero attached hydrogens (tertiary/aromatic N) is 1. The molecule has 2 aliphatic heterocycles. The van der Waals surface area contributed by atoms with E-state index >= 15 is 0 Å². The molecule has 0 aromatic heterocycles. The number of phenols is 1. The maximum Gasteiger partial charge on any atom is 0.310 e. The third kappa shape index (κ3) is 6.62. The van der Waals surface area contributed by atoms with E-state index < -0.39 is 36.3 Å². The molecule has 3 unspecified atom stereocenters. The monoisotopic (exact) mass is 551 g/mol. The molecule has 214 valence electrons. The number of benzene rings is 2. The molecule has 4 atom stereocenters. The zero-order chi connectivity index (χ0) is 29.0. The van der Waals surface area contributed by atoms with Gasteiger partial charge in [0.2, 0.25) is 18.1 Å². The fraction of sp³-hybridized carbons (Fsp3) is 0.467. The zero-order valence-electron chi connectivity index (χ0n) is 23.3. The number of rotatable bonds is 9. The van der Waals surface area contributed by atoms with Crippen molar-refractivity contribution in [3.05, 3.63) is 64.7 Å². The highest BCUT2D eigenvalue weighted by Crippen LogP contribution is 2.25. The second kappa shape index (κ2) is 12.5. The lowest BCUT2D eigenvalue weighted by molar-refractivity contribution is -0.168. The number of aromatic hydroxyl groups is 1. The number of aryl methyl sites for hydroxylation is 2. The van der Waals surface area contributed by atoms with Crippen molar-refractivity contribution in [3.63, 3.8) is 0 Å². The molecule has 10 heteroatoms. The zero-order valence-corrected chi connectivity index (χ0v) is 23.3. The van der Waals surface area contributed by atoms with Crippen molar-refractivity contribution in [2.45, 2.75) is 78.0 Å². The third-order valence-corrected chi connectivity index (χ3v) is 7.36. The van der Waals surface area contributed by atoms with Crippen LogP contribution in [-0.2, 0) is 30.5 Å². The van der Waals surface area contributed by atoms with Gasteiger partial charge < -0.3 is 30.1 Å². The number of nitrogens with one attached hydrogen (secondary N) is 2. The minimum Gasteiger partial charge on any atom is -0.507 e. The predicted molar refractivity (Wildman–Crippen MR) is 146 cm³/mol. The van der Waals surface area contributed by atoms with Crippen LogP contribution in [0.3, 0.4) is 0 Å². The van der Waals surface area contributed by atoms with Gasteiger partial charge in [0.25, 0.3) is 5.91 Å². The Labute approximate surface area is 234 Å². The van der Waals surface area contributed by atoms with Crippen LogP contribution in [0.1, 0.15) is 60.2 Å². The molecule has 2 fully saturated rings. The molecule has 3 N–H and O–H groups in total. The molecule has 2 saturated heterocycles. The fourth-order valence-corrected chi connectivity index (χ4v) is 5.14.